The lowest BCUT2D eigenvalue weighted by atomic mass is 9.92. The van der Waals surface area contributed by atoms with Crippen LogP contribution in [0.2, 0.25) is 0 Å². The number of carbonyl (C=O) groups excluding carboxylic acids is 1. The molecule has 1 amide bonds. The van der Waals surface area contributed by atoms with Crippen LogP contribution in [0.25, 0.3) is 0 Å². The molecule has 0 aliphatic carbocycles. The Kier molecular flexibility index (Phi) is 4.00. The van der Waals surface area contributed by atoms with E-state index in [2.05, 4.69) is 15.3 Å². The van der Waals surface area contributed by atoms with E-state index in [1.54, 1.807) is 26.4 Å². The number of nitrogens with one attached hydrogen (secondary N) is 2. The van der Waals surface area contributed by atoms with Gasteiger partial charge in [-0.3, -0.25) is 4.79 Å². The maximum atomic E-state index is 11.7. The maximum Gasteiger partial charge on any atom is 0.232 e. The van der Waals surface area contributed by atoms with E-state index in [0.717, 1.165) is 5.69 Å². The van der Waals surface area contributed by atoms with Crippen molar-refractivity contribution in [1.29, 1.82) is 0 Å². The summed E-state index contributed by atoms with van der Waals surface area (Å²) in [6.45, 7) is 3.95. The molecule has 5 nitrogen and oxygen atoms in total. The molecule has 0 saturated carbocycles. The Labute approximate surface area is 99.8 Å². The summed E-state index contributed by atoms with van der Waals surface area (Å²) in [7, 11) is 0. The number of thiocarbonyl (C=S) groups is 1. The van der Waals surface area contributed by atoms with Gasteiger partial charge in [-0.1, -0.05) is 12.2 Å². The van der Waals surface area contributed by atoms with E-state index in [9.17, 15) is 4.79 Å². The smallest absolute Gasteiger partial charge is 0.232 e. The van der Waals surface area contributed by atoms with Crippen molar-refractivity contribution >= 4 is 23.1 Å². The van der Waals surface area contributed by atoms with Gasteiger partial charge in [0.15, 0.2) is 0 Å². The lowest BCUT2D eigenvalue weighted by Crippen LogP contribution is -2.45. The van der Waals surface area contributed by atoms with Gasteiger partial charge in [0.05, 0.1) is 16.7 Å². The van der Waals surface area contributed by atoms with Gasteiger partial charge in [-0.2, -0.15) is 0 Å². The Balaban J connectivity index is 2.39. The van der Waals surface area contributed by atoms with Crippen LogP contribution >= 0.6 is 12.2 Å². The van der Waals surface area contributed by atoms with Crippen molar-refractivity contribution in [3.05, 3.63) is 18.2 Å². The van der Waals surface area contributed by atoms with Gasteiger partial charge in [0.1, 0.15) is 0 Å². The first-order chi connectivity index (χ1) is 7.44. The van der Waals surface area contributed by atoms with Crippen molar-refractivity contribution in [3.63, 3.8) is 0 Å². The van der Waals surface area contributed by atoms with Crippen LogP contribution in [-0.4, -0.2) is 27.4 Å². The minimum Gasteiger partial charge on any atom is -0.392 e. The molecule has 0 fully saturated rings. The summed E-state index contributed by atoms with van der Waals surface area (Å²) in [4.78, 5) is 18.8. The zero-order valence-electron chi connectivity index (χ0n) is 9.41. The lowest BCUT2D eigenvalue weighted by Gasteiger charge is -2.21. The van der Waals surface area contributed by atoms with E-state index in [1.807, 2.05) is 0 Å². The summed E-state index contributed by atoms with van der Waals surface area (Å²) in [6, 6.07) is 0. The summed E-state index contributed by atoms with van der Waals surface area (Å²) in [5, 5.41) is 2.79. The molecule has 0 atom stereocenters. The van der Waals surface area contributed by atoms with E-state index in [0.29, 0.717) is 13.0 Å². The van der Waals surface area contributed by atoms with Crippen molar-refractivity contribution in [2.45, 2.75) is 20.3 Å². The molecule has 0 aromatic carbocycles. The molecule has 1 rings (SSSR count). The molecule has 16 heavy (non-hydrogen) atoms. The number of aromatic nitrogens is 2. The maximum absolute atomic E-state index is 11.7. The Morgan fingerprint density at radius 1 is 1.69 bits per heavy atom. The van der Waals surface area contributed by atoms with Gasteiger partial charge >= 0.3 is 0 Å². The number of hydrogen-bond donors (Lipinski definition) is 3. The number of nitrogens with two attached hydrogens (primary N) is 1. The number of imidazole rings is 1. The first-order valence-corrected chi connectivity index (χ1v) is 5.41. The molecule has 1 heterocycles. The predicted octanol–water partition coefficient (Wildman–Crippen LogP) is 0.381. The van der Waals surface area contributed by atoms with Crippen LogP contribution in [0.5, 0.6) is 0 Å². The van der Waals surface area contributed by atoms with Gasteiger partial charge in [-0.25, -0.2) is 4.98 Å². The van der Waals surface area contributed by atoms with E-state index in [-0.39, 0.29) is 10.9 Å². The third-order valence-corrected chi connectivity index (χ3v) is 2.93. The summed E-state index contributed by atoms with van der Waals surface area (Å²) >= 11 is 4.84. The second-order valence-electron chi connectivity index (χ2n) is 4.07. The quantitative estimate of drug-likeness (QED) is 0.650. The highest BCUT2D eigenvalue weighted by Gasteiger charge is 2.30. The van der Waals surface area contributed by atoms with Crippen LogP contribution in [0.1, 0.15) is 19.5 Å². The standard InChI is InChI=1S/C10H16N4OS/c1-10(2,8(11)16)9(15)13-4-3-7-5-12-6-14-7/h5-6H,3-4H2,1-2H3,(H2,11,16)(H,12,14)(H,13,15). The Bertz CT molecular complexity index is 372. The van der Waals surface area contributed by atoms with Crippen molar-refractivity contribution in [1.82, 2.24) is 15.3 Å². The van der Waals surface area contributed by atoms with Crippen LogP contribution in [0.4, 0.5) is 0 Å². The van der Waals surface area contributed by atoms with Crippen molar-refractivity contribution in [3.8, 4) is 0 Å². The van der Waals surface area contributed by atoms with Gasteiger partial charge < -0.3 is 16.0 Å². The number of amides is 1. The van der Waals surface area contributed by atoms with E-state index in [4.69, 9.17) is 18.0 Å². The summed E-state index contributed by atoms with van der Waals surface area (Å²) in [6.07, 6.45) is 4.04. The first-order valence-electron chi connectivity index (χ1n) is 5.00. The van der Waals surface area contributed by atoms with Gasteiger partial charge in [0.25, 0.3) is 0 Å². The zero-order chi connectivity index (χ0) is 12.2. The van der Waals surface area contributed by atoms with E-state index in [1.165, 1.54) is 0 Å². The molecule has 6 heteroatoms. The van der Waals surface area contributed by atoms with Gasteiger partial charge in [0, 0.05) is 24.9 Å². The number of nitrogens with zero attached hydrogens (tertiary/aromatic N) is 1. The highest BCUT2D eigenvalue weighted by Crippen LogP contribution is 2.14. The lowest BCUT2D eigenvalue weighted by molar-refractivity contribution is -0.126. The summed E-state index contributed by atoms with van der Waals surface area (Å²) < 4.78 is 0. The molecule has 0 aliphatic heterocycles. The van der Waals surface area contributed by atoms with Gasteiger partial charge in [-0.15, -0.1) is 0 Å². The predicted molar refractivity (Wildman–Crippen MR) is 65.9 cm³/mol. The zero-order valence-corrected chi connectivity index (χ0v) is 10.2. The number of hydrogen-bond acceptors (Lipinski definition) is 3. The molecule has 0 spiro atoms. The molecular weight excluding hydrogens is 224 g/mol. The number of H-pyrrole nitrogens is 1. The number of aromatic amines is 1. The first kappa shape index (κ1) is 12.6. The fraction of sp³-hybridized carbons (Fsp3) is 0.500. The molecule has 0 aliphatic rings. The second kappa shape index (κ2) is 5.07. The average Bonchev–Trinajstić information content (AvgIpc) is 2.70. The molecule has 0 radical (unpaired) electrons. The molecule has 1 aromatic heterocycles. The average molecular weight is 240 g/mol. The van der Waals surface area contributed by atoms with E-state index < -0.39 is 5.41 Å². The molecule has 88 valence electrons. The largest absolute Gasteiger partial charge is 0.392 e. The van der Waals surface area contributed by atoms with Crippen LogP contribution in [-0.2, 0) is 11.2 Å². The number of carbonyl (C=O) groups is 1. The summed E-state index contributed by atoms with van der Waals surface area (Å²) in [5.41, 5.74) is 5.67. The Morgan fingerprint density at radius 2 is 2.38 bits per heavy atom. The van der Waals surface area contributed by atoms with Crippen LogP contribution < -0.4 is 11.1 Å². The van der Waals surface area contributed by atoms with E-state index >= 15 is 0 Å². The monoisotopic (exact) mass is 240 g/mol. The SMILES string of the molecule is CC(C)(C(=O)NCCc1cnc[nH]1)C(N)=S. The van der Waals surface area contributed by atoms with Crippen LogP contribution in [0.15, 0.2) is 12.5 Å². The molecule has 0 bridgehead atoms. The normalized spacial score (nSPS) is 11.1. The molecule has 0 unspecified atom stereocenters. The number of rotatable bonds is 5. The minimum atomic E-state index is -0.802. The second-order valence-corrected chi connectivity index (χ2v) is 4.51. The molecule has 0 saturated heterocycles. The fourth-order valence-electron chi connectivity index (χ4n) is 1.06. The van der Waals surface area contributed by atoms with Crippen molar-refractivity contribution in [2.75, 3.05) is 6.54 Å². The topological polar surface area (TPSA) is 83.8 Å². The minimum absolute atomic E-state index is 0.153. The Hall–Kier alpha value is -1.43. The van der Waals surface area contributed by atoms with Crippen LogP contribution in [0.3, 0.4) is 0 Å². The Morgan fingerprint density at radius 3 is 2.88 bits per heavy atom. The van der Waals surface area contributed by atoms with Gasteiger partial charge in [0.2, 0.25) is 5.91 Å². The van der Waals surface area contributed by atoms with Crippen molar-refractivity contribution in [2.24, 2.45) is 11.1 Å². The molecule has 4 N–H and O–H groups in total. The van der Waals surface area contributed by atoms with Crippen LogP contribution in [0, 0.1) is 5.41 Å². The molecular formula is C10H16N4OS. The van der Waals surface area contributed by atoms with Gasteiger partial charge in [-0.05, 0) is 13.8 Å². The highest BCUT2D eigenvalue weighted by atomic mass is 32.1. The van der Waals surface area contributed by atoms with Crippen molar-refractivity contribution < 1.29 is 4.79 Å². The third kappa shape index (κ3) is 3.03. The molecule has 1 aromatic rings. The highest BCUT2D eigenvalue weighted by molar-refractivity contribution is 7.80. The third-order valence-electron chi connectivity index (χ3n) is 2.42. The fourth-order valence-corrected chi connectivity index (χ4v) is 1.16. The summed E-state index contributed by atoms with van der Waals surface area (Å²) in [5.74, 6) is -0.153.